The van der Waals surface area contributed by atoms with E-state index in [9.17, 15) is 19.5 Å². The number of carbonyl (C=O) groups is 3. The Bertz CT molecular complexity index is 1020. The van der Waals surface area contributed by atoms with Gasteiger partial charge in [-0.05, 0) is 49.7 Å². The van der Waals surface area contributed by atoms with Crippen molar-refractivity contribution in [2.45, 2.75) is 121 Å². The number of nitrogens with two attached hydrogens (primary N) is 1. The summed E-state index contributed by atoms with van der Waals surface area (Å²) in [5.74, 6) is 5.74. The van der Waals surface area contributed by atoms with Gasteiger partial charge in [0.05, 0.1) is 5.69 Å². The number of benzene rings is 1. The van der Waals surface area contributed by atoms with Crippen molar-refractivity contribution in [3.05, 3.63) is 29.8 Å². The van der Waals surface area contributed by atoms with Crippen LogP contribution in [0.4, 0.5) is 5.69 Å². The van der Waals surface area contributed by atoms with Gasteiger partial charge in [-0.3, -0.25) is 9.59 Å². The van der Waals surface area contributed by atoms with Gasteiger partial charge >= 0.3 is 5.97 Å². The molecule has 9 heteroatoms. The molecule has 3 atom stereocenters. The molecule has 2 amide bonds. The molecule has 0 aromatic heterocycles. The van der Waals surface area contributed by atoms with Crippen molar-refractivity contribution in [1.82, 2.24) is 9.80 Å². The van der Waals surface area contributed by atoms with Crippen LogP contribution in [0.15, 0.2) is 24.3 Å². The Morgan fingerprint density at radius 1 is 0.974 bits per heavy atom. The van der Waals surface area contributed by atoms with Crippen LogP contribution < -0.4 is 10.9 Å². The monoisotopic (exact) mass is 540 g/mol. The van der Waals surface area contributed by atoms with Crippen LogP contribution in [-0.4, -0.2) is 63.8 Å². The summed E-state index contributed by atoms with van der Waals surface area (Å²) in [4.78, 5) is 44.6. The standard InChI is InChI=1S/C30H44N4O5/c31-34-24-15-8-7-12-22(24)20-25(30(38)39-27-16-9-19-32(27)28(36)29(34)37)33(23-13-5-2-6-14-23)26(35)18-17-21-10-3-1-4-11-21/h7-8,12,15,21,23,25,27-28,36H,1-6,9-11,13-14,16-20,31H2. The van der Waals surface area contributed by atoms with Crippen molar-refractivity contribution in [1.29, 1.82) is 0 Å². The molecule has 5 rings (SSSR count). The van der Waals surface area contributed by atoms with Gasteiger partial charge in [0.15, 0.2) is 12.5 Å². The normalized spacial score (nSPS) is 27.8. The minimum atomic E-state index is -1.52. The lowest BCUT2D eigenvalue weighted by Crippen LogP contribution is -2.55. The molecule has 214 valence electrons. The first-order valence-electron chi connectivity index (χ1n) is 15.1. The number of para-hydroxylation sites is 1. The number of amides is 2. The summed E-state index contributed by atoms with van der Waals surface area (Å²) in [6.45, 7) is 0.414. The van der Waals surface area contributed by atoms with Gasteiger partial charge in [-0.25, -0.2) is 20.5 Å². The van der Waals surface area contributed by atoms with E-state index in [4.69, 9.17) is 10.6 Å². The highest BCUT2D eigenvalue weighted by molar-refractivity contribution is 5.96. The topological polar surface area (TPSA) is 116 Å². The molecular weight excluding hydrogens is 496 g/mol. The summed E-state index contributed by atoms with van der Waals surface area (Å²) in [6.07, 6.45) is 11.5. The molecule has 3 N–H and O–H groups in total. The van der Waals surface area contributed by atoms with Crippen molar-refractivity contribution in [2.24, 2.45) is 11.8 Å². The molecule has 1 aromatic carbocycles. The van der Waals surface area contributed by atoms with Gasteiger partial charge in [0.1, 0.15) is 6.04 Å². The second-order valence-corrected chi connectivity index (χ2v) is 11.8. The van der Waals surface area contributed by atoms with Gasteiger partial charge in [0.2, 0.25) is 5.91 Å². The Labute approximate surface area is 231 Å². The lowest BCUT2D eigenvalue weighted by molar-refractivity contribution is -0.177. The highest BCUT2D eigenvalue weighted by Gasteiger charge is 2.43. The van der Waals surface area contributed by atoms with Gasteiger partial charge in [-0.15, -0.1) is 0 Å². The number of hydrazine groups is 1. The third-order valence-electron chi connectivity index (χ3n) is 9.28. The smallest absolute Gasteiger partial charge is 0.330 e. The SMILES string of the molecule is NN1C(=O)C(O)N2CCCC2OC(=O)C(N(C(=O)CCC2CCCCC2)C2CCCCC2)Cc2ccccc21. The number of carbonyl (C=O) groups excluding carboxylic acids is 3. The number of nitrogens with zero attached hydrogens (tertiary/aromatic N) is 3. The molecule has 2 heterocycles. The summed E-state index contributed by atoms with van der Waals surface area (Å²) < 4.78 is 6.03. The lowest BCUT2D eigenvalue weighted by atomic mass is 9.85. The molecule has 1 saturated heterocycles. The minimum Gasteiger partial charge on any atom is -0.445 e. The maximum Gasteiger partial charge on any atom is 0.330 e. The zero-order chi connectivity index (χ0) is 27.4. The number of hydrogen-bond acceptors (Lipinski definition) is 7. The molecule has 4 aliphatic rings. The fourth-order valence-corrected chi connectivity index (χ4v) is 7.11. The lowest BCUT2D eigenvalue weighted by Gasteiger charge is -2.40. The Balaban J connectivity index is 1.49. The van der Waals surface area contributed by atoms with E-state index in [1.165, 1.54) is 37.0 Å². The van der Waals surface area contributed by atoms with E-state index in [1.807, 2.05) is 17.0 Å². The van der Waals surface area contributed by atoms with E-state index >= 15 is 0 Å². The highest BCUT2D eigenvalue weighted by Crippen LogP contribution is 2.33. The van der Waals surface area contributed by atoms with E-state index in [-0.39, 0.29) is 18.4 Å². The first kappa shape index (κ1) is 28.1. The van der Waals surface area contributed by atoms with E-state index in [0.717, 1.165) is 43.5 Å². The first-order valence-corrected chi connectivity index (χ1v) is 15.1. The fraction of sp³-hybridized carbons (Fsp3) is 0.700. The van der Waals surface area contributed by atoms with Crippen molar-refractivity contribution < 1.29 is 24.2 Å². The van der Waals surface area contributed by atoms with Crippen LogP contribution in [0.25, 0.3) is 0 Å². The fourth-order valence-electron chi connectivity index (χ4n) is 7.11. The van der Waals surface area contributed by atoms with Crippen LogP contribution in [-0.2, 0) is 25.5 Å². The average Bonchev–Trinajstić information content (AvgIpc) is 3.43. The molecule has 3 fully saturated rings. The molecule has 39 heavy (non-hydrogen) atoms. The van der Waals surface area contributed by atoms with Gasteiger partial charge in [-0.2, -0.15) is 0 Å². The molecule has 0 spiro atoms. The molecule has 2 aliphatic heterocycles. The summed E-state index contributed by atoms with van der Waals surface area (Å²) in [5.41, 5.74) is 1.10. The number of fused-ring (bicyclic) bond motifs is 2. The molecular formula is C30H44N4O5. The van der Waals surface area contributed by atoms with Crippen LogP contribution in [0.5, 0.6) is 0 Å². The van der Waals surface area contributed by atoms with Gasteiger partial charge in [0, 0.05) is 25.4 Å². The van der Waals surface area contributed by atoms with Crippen molar-refractivity contribution >= 4 is 23.5 Å². The number of esters is 1. The Kier molecular flexibility index (Phi) is 9.20. The molecule has 2 aliphatic carbocycles. The van der Waals surface area contributed by atoms with E-state index in [0.29, 0.717) is 43.0 Å². The van der Waals surface area contributed by atoms with E-state index in [2.05, 4.69) is 0 Å². The average molecular weight is 541 g/mol. The first-order chi connectivity index (χ1) is 18.9. The van der Waals surface area contributed by atoms with Crippen molar-refractivity contribution in [3.63, 3.8) is 0 Å². The van der Waals surface area contributed by atoms with Gasteiger partial charge in [-0.1, -0.05) is 69.6 Å². The highest BCUT2D eigenvalue weighted by atomic mass is 16.6. The number of aliphatic hydroxyl groups excluding tert-OH is 1. The molecule has 0 radical (unpaired) electrons. The van der Waals surface area contributed by atoms with Crippen molar-refractivity contribution in [2.75, 3.05) is 11.6 Å². The van der Waals surface area contributed by atoms with E-state index < -0.39 is 30.4 Å². The second kappa shape index (κ2) is 12.8. The zero-order valence-electron chi connectivity index (χ0n) is 23.0. The number of rotatable bonds is 5. The van der Waals surface area contributed by atoms with Crippen LogP contribution in [0.2, 0.25) is 0 Å². The molecule has 9 nitrogen and oxygen atoms in total. The Hall–Kier alpha value is -2.49. The van der Waals surface area contributed by atoms with Crippen LogP contribution in [0, 0.1) is 5.92 Å². The minimum absolute atomic E-state index is 0.0192. The molecule has 3 unspecified atom stereocenters. The number of ether oxygens (including phenoxy) is 1. The summed E-state index contributed by atoms with van der Waals surface area (Å²) in [5, 5.41) is 11.9. The predicted molar refractivity (Wildman–Crippen MR) is 147 cm³/mol. The molecule has 1 aromatic rings. The van der Waals surface area contributed by atoms with Crippen LogP contribution in [0.1, 0.15) is 95.5 Å². The Morgan fingerprint density at radius 3 is 2.41 bits per heavy atom. The number of aliphatic hydroxyl groups is 1. The van der Waals surface area contributed by atoms with Crippen LogP contribution in [0.3, 0.4) is 0 Å². The van der Waals surface area contributed by atoms with Gasteiger partial charge in [0.25, 0.3) is 5.91 Å². The van der Waals surface area contributed by atoms with Crippen LogP contribution >= 0.6 is 0 Å². The number of hydrogen-bond donors (Lipinski definition) is 2. The Morgan fingerprint density at radius 2 is 1.67 bits per heavy atom. The third-order valence-corrected chi connectivity index (χ3v) is 9.28. The third kappa shape index (κ3) is 6.31. The second-order valence-electron chi connectivity index (χ2n) is 11.8. The summed E-state index contributed by atoms with van der Waals surface area (Å²) >= 11 is 0. The van der Waals surface area contributed by atoms with Crippen molar-refractivity contribution in [3.8, 4) is 0 Å². The van der Waals surface area contributed by atoms with Gasteiger partial charge < -0.3 is 14.7 Å². The largest absolute Gasteiger partial charge is 0.445 e. The molecule has 0 bridgehead atoms. The van der Waals surface area contributed by atoms with E-state index in [1.54, 1.807) is 12.1 Å². The maximum atomic E-state index is 14.0. The molecule has 2 saturated carbocycles. The zero-order valence-corrected chi connectivity index (χ0v) is 23.0. The predicted octanol–water partition coefficient (Wildman–Crippen LogP) is 3.62. The number of anilines is 1. The maximum absolute atomic E-state index is 14.0. The quantitative estimate of drug-likeness (QED) is 0.333. The summed E-state index contributed by atoms with van der Waals surface area (Å²) in [6, 6.07) is 6.32. The summed E-state index contributed by atoms with van der Waals surface area (Å²) in [7, 11) is 0.